The van der Waals surface area contributed by atoms with Crippen molar-refractivity contribution in [3.63, 3.8) is 0 Å². The SMILES string of the molecule is O=C(O)CN(Cc1ccc([N+](=O)[O-])cc1)C(=S)NC(=O)c1ccccc1. The van der Waals surface area contributed by atoms with Crippen LogP contribution in [0.2, 0.25) is 0 Å². The number of hydrogen-bond acceptors (Lipinski definition) is 5. The number of hydrogen-bond donors (Lipinski definition) is 2. The Morgan fingerprint density at radius 1 is 1.12 bits per heavy atom. The summed E-state index contributed by atoms with van der Waals surface area (Å²) in [6.45, 7) is -0.344. The number of carboxylic acids is 1. The van der Waals surface area contributed by atoms with Gasteiger partial charge in [-0.2, -0.15) is 0 Å². The third kappa shape index (κ3) is 5.35. The average molecular weight is 373 g/mol. The van der Waals surface area contributed by atoms with Crippen molar-refractivity contribution in [2.45, 2.75) is 6.54 Å². The molecule has 26 heavy (non-hydrogen) atoms. The second-order valence-electron chi connectivity index (χ2n) is 5.30. The predicted octanol–water partition coefficient (Wildman–Crippen LogP) is 2.20. The Bertz CT molecular complexity index is 824. The highest BCUT2D eigenvalue weighted by Gasteiger charge is 2.17. The maximum absolute atomic E-state index is 12.2. The molecule has 0 spiro atoms. The van der Waals surface area contributed by atoms with Crippen molar-refractivity contribution in [1.29, 1.82) is 0 Å². The largest absolute Gasteiger partial charge is 0.480 e. The molecule has 2 aromatic carbocycles. The zero-order valence-electron chi connectivity index (χ0n) is 13.5. The Kier molecular flexibility index (Phi) is 6.34. The van der Waals surface area contributed by atoms with E-state index >= 15 is 0 Å². The van der Waals surface area contributed by atoms with Crippen LogP contribution in [-0.2, 0) is 11.3 Å². The zero-order chi connectivity index (χ0) is 19.1. The van der Waals surface area contributed by atoms with E-state index in [1.807, 2.05) is 0 Å². The average Bonchev–Trinajstić information content (AvgIpc) is 2.62. The van der Waals surface area contributed by atoms with Crippen molar-refractivity contribution in [3.8, 4) is 0 Å². The number of aliphatic carboxylic acids is 1. The van der Waals surface area contributed by atoms with Gasteiger partial charge in [0, 0.05) is 24.2 Å². The Morgan fingerprint density at radius 2 is 1.73 bits per heavy atom. The van der Waals surface area contributed by atoms with Crippen LogP contribution in [0.15, 0.2) is 54.6 Å². The number of carbonyl (C=O) groups excluding carboxylic acids is 1. The van der Waals surface area contributed by atoms with E-state index in [1.165, 1.54) is 29.2 Å². The molecule has 0 saturated carbocycles. The number of amides is 1. The quantitative estimate of drug-likeness (QED) is 0.453. The summed E-state index contributed by atoms with van der Waals surface area (Å²) in [6.07, 6.45) is 0. The van der Waals surface area contributed by atoms with Gasteiger partial charge >= 0.3 is 5.97 Å². The van der Waals surface area contributed by atoms with E-state index in [4.69, 9.17) is 17.3 Å². The van der Waals surface area contributed by atoms with E-state index in [-0.39, 0.29) is 17.3 Å². The Balaban J connectivity index is 2.10. The van der Waals surface area contributed by atoms with Crippen molar-refractivity contribution in [1.82, 2.24) is 10.2 Å². The van der Waals surface area contributed by atoms with Crippen LogP contribution in [0.25, 0.3) is 0 Å². The lowest BCUT2D eigenvalue weighted by molar-refractivity contribution is -0.384. The summed E-state index contributed by atoms with van der Waals surface area (Å²) in [5.41, 5.74) is 0.937. The lowest BCUT2D eigenvalue weighted by Gasteiger charge is -2.23. The minimum absolute atomic E-state index is 0.0420. The first kappa shape index (κ1) is 19.0. The molecule has 0 atom stereocenters. The molecule has 0 bridgehead atoms. The van der Waals surface area contributed by atoms with Crippen molar-refractivity contribution in [3.05, 3.63) is 75.8 Å². The van der Waals surface area contributed by atoms with E-state index in [9.17, 15) is 19.7 Å². The van der Waals surface area contributed by atoms with Crippen LogP contribution in [0.1, 0.15) is 15.9 Å². The molecular formula is C17H15N3O5S. The smallest absolute Gasteiger partial charge is 0.323 e. The highest BCUT2D eigenvalue weighted by molar-refractivity contribution is 7.80. The number of nitrogens with one attached hydrogen (secondary N) is 1. The summed E-state index contributed by atoms with van der Waals surface area (Å²) in [5.74, 6) is -1.57. The summed E-state index contributed by atoms with van der Waals surface area (Å²) in [6, 6.07) is 14.0. The van der Waals surface area contributed by atoms with Gasteiger partial charge in [-0.1, -0.05) is 30.3 Å². The van der Waals surface area contributed by atoms with Crippen molar-refractivity contribution >= 4 is 34.9 Å². The molecule has 0 aliphatic rings. The number of nitro benzene ring substituents is 1. The van der Waals surface area contributed by atoms with Gasteiger partial charge in [0.25, 0.3) is 11.6 Å². The summed E-state index contributed by atoms with van der Waals surface area (Å²) in [7, 11) is 0. The monoisotopic (exact) mass is 373 g/mol. The molecule has 0 saturated heterocycles. The second-order valence-corrected chi connectivity index (χ2v) is 5.69. The summed E-state index contributed by atoms with van der Waals surface area (Å²) in [4.78, 5) is 34.7. The maximum atomic E-state index is 12.2. The molecule has 2 N–H and O–H groups in total. The summed E-state index contributed by atoms with van der Waals surface area (Å²) < 4.78 is 0. The maximum Gasteiger partial charge on any atom is 0.323 e. The topological polar surface area (TPSA) is 113 Å². The lowest BCUT2D eigenvalue weighted by atomic mass is 10.2. The first-order valence-electron chi connectivity index (χ1n) is 7.47. The van der Waals surface area contributed by atoms with Gasteiger partial charge < -0.3 is 10.0 Å². The summed E-state index contributed by atoms with van der Waals surface area (Å²) in [5, 5.41) is 22.2. The first-order chi connectivity index (χ1) is 12.4. The third-order valence-corrected chi connectivity index (χ3v) is 3.75. The van der Waals surface area contributed by atoms with E-state index < -0.39 is 23.3 Å². The Labute approximate surface area is 154 Å². The zero-order valence-corrected chi connectivity index (χ0v) is 14.3. The number of non-ortho nitro benzene ring substituents is 1. The molecule has 134 valence electrons. The minimum Gasteiger partial charge on any atom is -0.480 e. The molecule has 0 aliphatic carbocycles. The van der Waals surface area contributed by atoms with Crippen molar-refractivity contribution < 1.29 is 19.6 Å². The van der Waals surface area contributed by atoms with Gasteiger partial charge in [0.05, 0.1) is 4.92 Å². The fourth-order valence-corrected chi connectivity index (χ4v) is 2.37. The molecule has 9 heteroatoms. The van der Waals surface area contributed by atoms with Gasteiger partial charge in [0.2, 0.25) is 0 Å². The first-order valence-corrected chi connectivity index (χ1v) is 7.88. The van der Waals surface area contributed by atoms with Gasteiger partial charge in [-0.3, -0.25) is 25.0 Å². The van der Waals surface area contributed by atoms with Crippen LogP contribution in [-0.4, -0.2) is 38.5 Å². The van der Waals surface area contributed by atoms with Crippen LogP contribution < -0.4 is 5.32 Å². The molecule has 0 heterocycles. The highest BCUT2D eigenvalue weighted by atomic mass is 32.1. The number of rotatable bonds is 6. The van der Waals surface area contributed by atoms with Gasteiger partial charge in [0.15, 0.2) is 5.11 Å². The molecule has 1 amide bonds. The van der Waals surface area contributed by atoms with Gasteiger partial charge in [-0.15, -0.1) is 0 Å². The number of nitrogens with zero attached hydrogens (tertiary/aromatic N) is 2. The molecule has 2 rings (SSSR count). The number of benzene rings is 2. The Morgan fingerprint density at radius 3 is 2.27 bits per heavy atom. The fraction of sp³-hybridized carbons (Fsp3) is 0.118. The molecule has 0 aliphatic heterocycles. The van der Waals surface area contributed by atoms with Crippen LogP contribution in [0.3, 0.4) is 0 Å². The molecule has 0 fully saturated rings. The molecule has 0 radical (unpaired) electrons. The van der Waals surface area contributed by atoms with Crippen molar-refractivity contribution in [2.75, 3.05) is 6.54 Å². The van der Waals surface area contributed by atoms with E-state index in [1.54, 1.807) is 30.3 Å². The molecule has 0 unspecified atom stereocenters. The van der Waals surface area contributed by atoms with Gasteiger partial charge in [-0.05, 0) is 29.9 Å². The van der Waals surface area contributed by atoms with E-state index in [2.05, 4.69) is 5.32 Å². The molecular weight excluding hydrogens is 358 g/mol. The fourth-order valence-electron chi connectivity index (χ4n) is 2.14. The molecule has 2 aromatic rings. The van der Waals surface area contributed by atoms with E-state index in [0.717, 1.165) is 0 Å². The van der Waals surface area contributed by atoms with Crippen molar-refractivity contribution in [2.24, 2.45) is 0 Å². The standard InChI is InChI=1S/C17H15N3O5S/c21-15(22)11-19(10-12-6-8-14(9-7-12)20(24)25)17(26)18-16(23)13-4-2-1-3-5-13/h1-9H,10-11H2,(H,21,22)(H,18,23,26). The number of nitro groups is 1. The molecule has 8 nitrogen and oxygen atoms in total. The normalized spacial score (nSPS) is 10.0. The second kappa shape index (κ2) is 8.67. The minimum atomic E-state index is -1.12. The molecule has 0 aromatic heterocycles. The van der Waals surface area contributed by atoms with Gasteiger partial charge in [0.1, 0.15) is 6.54 Å². The number of carboxylic acid groups (broad SMARTS) is 1. The van der Waals surface area contributed by atoms with Crippen LogP contribution in [0.5, 0.6) is 0 Å². The van der Waals surface area contributed by atoms with Crippen LogP contribution in [0.4, 0.5) is 5.69 Å². The van der Waals surface area contributed by atoms with E-state index in [0.29, 0.717) is 11.1 Å². The highest BCUT2D eigenvalue weighted by Crippen LogP contribution is 2.13. The van der Waals surface area contributed by atoms with Gasteiger partial charge in [-0.25, -0.2) is 0 Å². The number of thiocarbonyl (C=S) groups is 1. The predicted molar refractivity (Wildman–Crippen MR) is 97.6 cm³/mol. The Hall–Kier alpha value is -3.33. The summed E-state index contributed by atoms with van der Waals surface area (Å²) >= 11 is 5.16. The van der Waals surface area contributed by atoms with Crippen LogP contribution >= 0.6 is 12.2 Å². The third-order valence-electron chi connectivity index (χ3n) is 3.39. The van der Waals surface area contributed by atoms with Crippen LogP contribution in [0, 0.1) is 10.1 Å². The number of carbonyl (C=O) groups is 2. The lowest BCUT2D eigenvalue weighted by Crippen LogP contribution is -2.44.